The number of hydrogen-bond acceptors (Lipinski definition) is 1. The second-order valence-electron chi connectivity index (χ2n) is 9.73. The molecule has 152 valence electrons. The molecule has 2 heteroatoms. The van der Waals surface area contributed by atoms with Crippen LogP contribution in [0.3, 0.4) is 0 Å². The Morgan fingerprint density at radius 2 is 1.57 bits per heavy atom. The van der Waals surface area contributed by atoms with Gasteiger partial charge in [-0.3, -0.25) is 0 Å². The predicted octanol–water partition coefficient (Wildman–Crippen LogP) is 7.42. The van der Waals surface area contributed by atoms with Crippen LogP contribution in [0.25, 0.3) is 17.2 Å². The minimum absolute atomic E-state index is 0.244. The topological polar surface area (TPSA) is 9.23 Å². The quantitative estimate of drug-likeness (QED) is 0.311. The SMILES string of the molecule is CC(CC1=Cc2ccccc2C1c1cccc2c1Cc1ccccc1-2)O[Si](C)(C)C. The van der Waals surface area contributed by atoms with Gasteiger partial charge >= 0.3 is 0 Å². The summed E-state index contributed by atoms with van der Waals surface area (Å²) >= 11 is 0. The van der Waals surface area contributed by atoms with E-state index < -0.39 is 8.32 Å². The molecule has 2 atom stereocenters. The van der Waals surface area contributed by atoms with Crippen LogP contribution in [0, 0.1) is 0 Å². The first kappa shape index (κ1) is 19.5. The van der Waals surface area contributed by atoms with E-state index in [0.29, 0.717) is 5.92 Å². The van der Waals surface area contributed by atoms with Crippen LogP contribution in [0.15, 0.2) is 72.3 Å². The first-order chi connectivity index (χ1) is 14.4. The first-order valence-corrected chi connectivity index (χ1v) is 14.5. The molecule has 3 aromatic carbocycles. The molecule has 5 rings (SSSR count). The van der Waals surface area contributed by atoms with Crippen molar-refractivity contribution in [3.8, 4) is 11.1 Å². The summed E-state index contributed by atoms with van der Waals surface area (Å²) in [6.07, 6.45) is 4.69. The van der Waals surface area contributed by atoms with Gasteiger partial charge in [0, 0.05) is 12.0 Å². The molecule has 0 saturated heterocycles. The van der Waals surface area contributed by atoms with Gasteiger partial charge in [-0.2, -0.15) is 0 Å². The Morgan fingerprint density at radius 3 is 2.40 bits per heavy atom. The van der Waals surface area contributed by atoms with Crippen LogP contribution in [0.4, 0.5) is 0 Å². The average molecular weight is 411 g/mol. The molecule has 0 N–H and O–H groups in total. The fourth-order valence-corrected chi connectivity index (χ4v) is 6.65. The summed E-state index contributed by atoms with van der Waals surface area (Å²) in [6, 6.07) is 24.7. The Balaban J connectivity index is 1.57. The van der Waals surface area contributed by atoms with Crippen LogP contribution in [0.1, 0.15) is 47.1 Å². The molecular formula is C28H30OSi. The molecule has 0 radical (unpaired) electrons. The van der Waals surface area contributed by atoms with Gasteiger partial charge in [-0.1, -0.05) is 78.4 Å². The molecule has 3 aromatic rings. The smallest absolute Gasteiger partial charge is 0.184 e. The van der Waals surface area contributed by atoms with Crippen molar-refractivity contribution >= 4 is 14.4 Å². The van der Waals surface area contributed by atoms with E-state index in [4.69, 9.17) is 4.43 Å². The maximum absolute atomic E-state index is 6.42. The molecule has 2 unspecified atom stereocenters. The van der Waals surface area contributed by atoms with Crippen molar-refractivity contribution in [3.63, 3.8) is 0 Å². The zero-order valence-corrected chi connectivity index (χ0v) is 19.4. The Morgan fingerprint density at radius 1 is 0.867 bits per heavy atom. The van der Waals surface area contributed by atoms with Gasteiger partial charge in [0.25, 0.3) is 0 Å². The summed E-state index contributed by atoms with van der Waals surface area (Å²) < 4.78 is 6.42. The zero-order valence-electron chi connectivity index (χ0n) is 18.4. The molecule has 0 bridgehead atoms. The average Bonchev–Trinajstić information content (AvgIpc) is 3.24. The van der Waals surface area contributed by atoms with Gasteiger partial charge in [0.15, 0.2) is 8.32 Å². The van der Waals surface area contributed by atoms with Gasteiger partial charge < -0.3 is 4.43 Å². The van der Waals surface area contributed by atoms with Gasteiger partial charge in [-0.05, 0) is 78.4 Å². The van der Waals surface area contributed by atoms with E-state index in [2.05, 4.69) is 99.4 Å². The molecule has 30 heavy (non-hydrogen) atoms. The highest BCUT2D eigenvalue weighted by Crippen LogP contribution is 2.48. The van der Waals surface area contributed by atoms with Crippen molar-refractivity contribution in [2.24, 2.45) is 0 Å². The van der Waals surface area contributed by atoms with E-state index in [1.807, 2.05) is 0 Å². The molecule has 0 aromatic heterocycles. The monoisotopic (exact) mass is 410 g/mol. The van der Waals surface area contributed by atoms with Gasteiger partial charge in [0.05, 0.1) is 0 Å². The molecular weight excluding hydrogens is 380 g/mol. The standard InChI is InChI=1S/C28H30OSi/c1-19(29-30(2,3)4)16-22-17-20-10-6-8-13-24(20)28(22)26-15-9-14-25-23-12-7-5-11-21(23)18-27(25)26/h5-15,17,19,28H,16,18H2,1-4H3. The molecule has 0 heterocycles. The van der Waals surface area contributed by atoms with Crippen molar-refractivity contribution in [3.05, 3.63) is 100 Å². The van der Waals surface area contributed by atoms with Crippen LogP contribution in [-0.2, 0) is 10.8 Å². The van der Waals surface area contributed by atoms with E-state index in [1.165, 1.54) is 44.5 Å². The minimum Gasteiger partial charge on any atom is -0.415 e. The summed E-state index contributed by atoms with van der Waals surface area (Å²) in [5.41, 5.74) is 11.5. The second kappa shape index (κ2) is 7.37. The maximum Gasteiger partial charge on any atom is 0.184 e. The summed E-state index contributed by atoms with van der Waals surface area (Å²) in [4.78, 5) is 0. The van der Waals surface area contributed by atoms with Crippen LogP contribution >= 0.6 is 0 Å². The van der Waals surface area contributed by atoms with E-state index in [-0.39, 0.29) is 6.10 Å². The van der Waals surface area contributed by atoms with Gasteiger partial charge in [0.1, 0.15) is 0 Å². The molecule has 2 aliphatic carbocycles. The molecule has 0 spiro atoms. The van der Waals surface area contributed by atoms with Crippen molar-refractivity contribution in [2.45, 2.75) is 51.4 Å². The second-order valence-corrected chi connectivity index (χ2v) is 14.2. The lowest BCUT2D eigenvalue weighted by Crippen LogP contribution is -2.31. The fraction of sp³-hybridized carbons (Fsp3) is 0.286. The Hall–Kier alpha value is -2.42. The Labute approximate surface area is 181 Å². The Bertz CT molecular complexity index is 1140. The number of fused-ring (bicyclic) bond motifs is 4. The maximum atomic E-state index is 6.42. The lowest BCUT2D eigenvalue weighted by molar-refractivity contribution is 0.213. The largest absolute Gasteiger partial charge is 0.415 e. The van der Waals surface area contributed by atoms with Crippen LogP contribution in [-0.4, -0.2) is 14.4 Å². The normalized spacial score (nSPS) is 17.9. The van der Waals surface area contributed by atoms with E-state index in [1.54, 1.807) is 0 Å². The van der Waals surface area contributed by atoms with Crippen molar-refractivity contribution in [1.29, 1.82) is 0 Å². The number of benzene rings is 3. The zero-order chi connectivity index (χ0) is 20.9. The third kappa shape index (κ3) is 3.49. The van der Waals surface area contributed by atoms with E-state index in [9.17, 15) is 0 Å². The van der Waals surface area contributed by atoms with E-state index >= 15 is 0 Å². The summed E-state index contributed by atoms with van der Waals surface area (Å²) in [7, 11) is -1.56. The van der Waals surface area contributed by atoms with Crippen LogP contribution in [0.2, 0.25) is 19.6 Å². The van der Waals surface area contributed by atoms with Crippen molar-refractivity contribution in [2.75, 3.05) is 0 Å². The molecule has 0 amide bonds. The number of rotatable bonds is 5. The molecule has 0 aliphatic heterocycles. The van der Waals surface area contributed by atoms with Gasteiger partial charge in [0.2, 0.25) is 0 Å². The summed E-state index contributed by atoms with van der Waals surface area (Å²) in [5.74, 6) is 0.332. The lowest BCUT2D eigenvalue weighted by Gasteiger charge is -2.27. The van der Waals surface area contributed by atoms with Crippen LogP contribution in [0.5, 0.6) is 0 Å². The third-order valence-corrected chi connectivity index (χ3v) is 7.40. The van der Waals surface area contributed by atoms with Gasteiger partial charge in [-0.25, -0.2) is 0 Å². The highest BCUT2D eigenvalue weighted by atomic mass is 28.4. The molecule has 2 aliphatic rings. The Kier molecular flexibility index (Phi) is 4.80. The molecule has 0 fully saturated rings. The van der Waals surface area contributed by atoms with Crippen molar-refractivity contribution < 1.29 is 4.43 Å². The summed E-state index contributed by atoms with van der Waals surface area (Å²) in [6.45, 7) is 9.07. The minimum atomic E-state index is -1.56. The van der Waals surface area contributed by atoms with Crippen LogP contribution < -0.4 is 0 Å². The number of hydrogen-bond donors (Lipinski definition) is 0. The van der Waals surface area contributed by atoms with Gasteiger partial charge in [-0.15, -0.1) is 0 Å². The molecule has 1 nitrogen and oxygen atoms in total. The van der Waals surface area contributed by atoms with Crippen molar-refractivity contribution in [1.82, 2.24) is 0 Å². The lowest BCUT2D eigenvalue weighted by atomic mass is 9.82. The summed E-state index contributed by atoms with van der Waals surface area (Å²) in [5, 5.41) is 0. The first-order valence-electron chi connectivity index (χ1n) is 11.1. The predicted molar refractivity (Wildman–Crippen MR) is 129 cm³/mol. The molecule has 0 saturated carbocycles. The van der Waals surface area contributed by atoms with E-state index in [0.717, 1.165) is 12.8 Å². The highest BCUT2D eigenvalue weighted by Gasteiger charge is 2.32. The third-order valence-electron chi connectivity index (χ3n) is 6.29. The fourth-order valence-electron chi connectivity index (χ4n) is 5.36. The highest BCUT2D eigenvalue weighted by molar-refractivity contribution is 6.69.